The summed E-state index contributed by atoms with van der Waals surface area (Å²) in [5, 5.41) is 4.05. The molecule has 0 heterocycles. The predicted octanol–water partition coefficient (Wildman–Crippen LogP) is 6.48. The van der Waals surface area contributed by atoms with Gasteiger partial charge in [0.1, 0.15) is 23.3 Å². The predicted molar refractivity (Wildman–Crippen MR) is 161 cm³/mol. The average Bonchev–Trinajstić information content (AvgIpc) is 2.99. The molecule has 2 amide bonds. The van der Waals surface area contributed by atoms with Crippen LogP contribution >= 0.6 is 23.2 Å². The minimum atomic E-state index is -0.817. The Morgan fingerprint density at radius 3 is 2.10 bits per heavy atom. The molecular weight excluding hydrogens is 563 g/mol. The number of amides is 2. The van der Waals surface area contributed by atoms with Crippen LogP contribution in [-0.2, 0) is 22.6 Å². The highest BCUT2D eigenvalue weighted by atomic mass is 35.5. The number of nitrogens with zero attached hydrogens (tertiary/aromatic N) is 1. The van der Waals surface area contributed by atoms with Gasteiger partial charge in [-0.15, -0.1) is 0 Å². The molecule has 9 heteroatoms. The molecule has 0 bridgehead atoms. The average molecular weight is 600 g/mol. The van der Waals surface area contributed by atoms with Crippen molar-refractivity contribution in [3.63, 3.8) is 0 Å². The van der Waals surface area contributed by atoms with Gasteiger partial charge in [0.15, 0.2) is 6.61 Å². The molecule has 7 nitrogen and oxygen atoms in total. The molecule has 0 aliphatic heterocycles. The van der Waals surface area contributed by atoms with E-state index in [1.807, 2.05) is 30.3 Å². The zero-order valence-electron chi connectivity index (χ0n) is 23.4. The fraction of sp³-hybridized carbons (Fsp3) is 0.375. The van der Waals surface area contributed by atoms with Gasteiger partial charge in [0.25, 0.3) is 5.91 Å². The summed E-state index contributed by atoms with van der Waals surface area (Å²) in [6, 6.07) is 19.2. The Morgan fingerprint density at radius 1 is 0.878 bits per heavy atom. The van der Waals surface area contributed by atoms with Crippen molar-refractivity contribution >= 4 is 35.0 Å². The summed E-state index contributed by atoms with van der Waals surface area (Å²) in [6.07, 6.45) is 5.49. The number of rotatable bonds is 12. The van der Waals surface area contributed by atoms with Gasteiger partial charge in [-0.05, 0) is 30.5 Å². The zero-order chi connectivity index (χ0) is 29.2. The van der Waals surface area contributed by atoms with Crippen molar-refractivity contribution in [2.45, 2.75) is 57.2 Å². The quantitative estimate of drug-likeness (QED) is 0.258. The molecule has 1 saturated carbocycles. The van der Waals surface area contributed by atoms with Crippen LogP contribution in [0.1, 0.15) is 43.2 Å². The van der Waals surface area contributed by atoms with Crippen LogP contribution in [0.4, 0.5) is 0 Å². The van der Waals surface area contributed by atoms with E-state index in [-0.39, 0.29) is 31.0 Å². The molecule has 1 aliphatic rings. The largest absolute Gasteiger partial charge is 0.496 e. The molecule has 0 radical (unpaired) electrons. The molecule has 1 N–H and O–H groups in total. The van der Waals surface area contributed by atoms with Crippen molar-refractivity contribution in [2.24, 2.45) is 0 Å². The first-order chi connectivity index (χ1) is 19.9. The number of nitrogens with one attached hydrogen (secondary N) is 1. The van der Waals surface area contributed by atoms with Gasteiger partial charge in [0.05, 0.1) is 14.2 Å². The zero-order valence-corrected chi connectivity index (χ0v) is 24.9. The Hall–Kier alpha value is -3.42. The molecule has 0 spiro atoms. The van der Waals surface area contributed by atoms with Crippen LogP contribution in [-0.4, -0.2) is 49.6 Å². The molecule has 4 rings (SSSR count). The molecule has 3 aromatic rings. The fourth-order valence-electron chi connectivity index (χ4n) is 5.04. The maximum absolute atomic E-state index is 14.0. The first kappa shape index (κ1) is 30.5. The highest BCUT2D eigenvalue weighted by Gasteiger charge is 2.33. The summed E-state index contributed by atoms with van der Waals surface area (Å²) >= 11 is 13.1. The second-order valence-electron chi connectivity index (χ2n) is 10.1. The Kier molecular flexibility index (Phi) is 11.2. The van der Waals surface area contributed by atoms with Crippen molar-refractivity contribution < 1.29 is 23.8 Å². The third-order valence-corrected chi connectivity index (χ3v) is 8.01. The van der Waals surface area contributed by atoms with Gasteiger partial charge in [-0.2, -0.15) is 0 Å². The van der Waals surface area contributed by atoms with Gasteiger partial charge in [-0.25, -0.2) is 0 Å². The summed E-state index contributed by atoms with van der Waals surface area (Å²) < 4.78 is 16.6. The molecule has 0 aromatic heterocycles. The van der Waals surface area contributed by atoms with E-state index in [4.69, 9.17) is 37.4 Å². The van der Waals surface area contributed by atoms with Crippen molar-refractivity contribution in [1.29, 1.82) is 0 Å². The Balaban J connectivity index is 1.66. The van der Waals surface area contributed by atoms with Gasteiger partial charge in [0, 0.05) is 52.8 Å². The molecule has 0 unspecified atom stereocenters. The van der Waals surface area contributed by atoms with Gasteiger partial charge >= 0.3 is 0 Å². The number of carbonyl (C=O) groups excluding carboxylic acids is 2. The number of hydrogen-bond acceptors (Lipinski definition) is 5. The van der Waals surface area contributed by atoms with Crippen LogP contribution in [0, 0.1) is 0 Å². The summed E-state index contributed by atoms with van der Waals surface area (Å²) in [5.74, 6) is 0.861. The molecular formula is C32H36Cl2N2O5. The van der Waals surface area contributed by atoms with E-state index in [1.54, 1.807) is 36.4 Å². The van der Waals surface area contributed by atoms with Gasteiger partial charge in [0.2, 0.25) is 5.91 Å². The summed E-state index contributed by atoms with van der Waals surface area (Å²) in [4.78, 5) is 29.4. The molecule has 3 aromatic carbocycles. The van der Waals surface area contributed by atoms with Crippen molar-refractivity contribution in [1.82, 2.24) is 10.2 Å². The monoisotopic (exact) mass is 598 g/mol. The lowest BCUT2D eigenvalue weighted by atomic mass is 9.94. The number of methoxy groups -OCH3 is 2. The fourth-order valence-corrected chi connectivity index (χ4v) is 5.56. The molecule has 218 valence electrons. The minimum Gasteiger partial charge on any atom is -0.496 e. The second-order valence-corrected chi connectivity index (χ2v) is 10.9. The smallest absolute Gasteiger partial charge is 0.261 e. The van der Waals surface area contributed by atoms with Crippen molar-refractivity contribution in [2.75, 3.05) is 20.8 Å². The highest BCUT2D eigenvalue weighted by Crippen LogP contribution is 2.29. The number of benzene rings is 3. The van der Waals surface area contributed by atoms with Gasteiger partial charge < -0.3 is 24.4 Å². The normalized spacial score (nSPS) is 14.1. The SMILES string of the molecule is COc1cc(OC)cc(OCC(=O)N(Cc2c(Cl)cccc2Cl)[C@H](Cc2ccccc2)C(=O)NC2CCCCC2)c1. The third-order valence-electron chi connectivity index (χ3n) is 7.30. The van der Waals surface area contributed by atoms with Crippen LogP contribution in [0.15, 0.2) is 66.7 Å². The lowest BCUT2D eigenvalue weighted by Crippen LogP contribution is -2.53. The lowest BCUT2D eigenvalue weighted by molar-refractivity contribution is -0.143. The Labute approximate surface area is 251 Å². The summed E-state index contributed by atoms with van der Waals surface area (Å²) in [5.41, 5.74) is 1.49. The number of hydrogen-bond donors (Lipinski definition) is 1. The topological polar surface area (TPSA) is 77.1 Å². The summed E-state index contributed by atoms with van der Waals surface area (Å²) in [6.45, 7) is -0.280. The Morgan fingerprint density at radius 2 is 1.49 bits per heavy atom. The van der Waals surface area contributed by atoms with Gasteiger partial charge in [-0.3, -0.25) is 9.59 Å². The number of ether oxygens (including phenoxy) is 3. The molecule has 0 saturated heterocycles. The van der Waals surface area contributed by atoms with E-state index in [2.05, 4.69) is 5.32 Å². The van der Waals surface area contributed by atoms with Crippen LogP contribution < -0.4 is 19.5 Å². The van der Waals surface area contributed by atoms with Crippen LogP contribution in [0.2, 0.25) is 10.0 Å². The van der Waals surface area contributed by atoms with E-state index in [9.17, 15) is 9.59 Å². The number of halogens is 2. The molecule has 1 atom stereocenters. The van der Waals surface area contributed by atoms with Crippen LogP contribution in [0.3, 0.4) is 0 Å². The van der Waals surface area contributed by atoms with Crippen molar-refractivity contribution in [3.8, 4) is 17.2 Å². The minimum absolute atomic E-state index is 0.0394. The van der Waals surface area contributed by atoms with Crippen LogP contribution in [0.5, 0.6) is 17.2 Å². The van der Waals surface area contributed by atoms with Gasteiger partial charge in [-0.1, -0.05) is 78.9 Å². The second kappa shape index (κ2) is 15.0. The molecule has 41 heavy (non-hydrogen) atoms. The van der Waals surface area contributed by atoms with E-state index in [0.29, 0.717) is 39.3 Å². The highest BCUT2D eigenvalue weighted by molar-refractivity contribution is 6.36. The number of carbonyl (C=O) groups is 2. The summed E-state index contributed by atoms with van der Waals surface area (Å²) in [7, 11) is 3.08. The van der Waals surface area contributed by atoms with Crippen LogP contribution in [0.25, 0.3) is 0 Å². The standard InChI is InChI=1S/C32H36Cl2N2O5/c1-39-24-17-25(40-2)19-26(18-24)41-21-31(37)36(20-27-28(33)14-9-15-29(27)34)30(16-22-10-5-3-6-11-22)32(38)35-23-12-7-4-8-13-23/h3,5-6,9-11,14-15,17-19,23,30H,4,7-8,12-13,16,20-21H2,1-2H3,(H,35,38)/t30-/m1/s1. The van der Waals surface area contributed by atoms with E-state index < -0.39 is 6.04 Å². The lowest BCUT2D eigenvalue weighted by Gasteiger charge is -2.33. The first-order valence-corrected chi connectivity index (χ1v) is 14.6. The van der Waals surface area contributed by atoms with Crippen molar-refractivity contribution in [3.05, 3.63) is 87.9 Å². The Bertz CT molecular complexity index is 1270. The maximum Gasteiger partial charge on any atom is 0.261 e. The molecule has 1 fully saturated rings. The first-order valence-electron chi connectivity index (χ1n) is 13.8. The third kappa shape index (κ3) is 8.54. The van der Waals surface area contributed by atoms with E-state index in [1.165, 1.54) is 25.5 Å². The van der Waals surface area contributed by atoms with E-state index in [0.717, 1.165) is 31.2 Å². The van der Waals surface area contributed by atoms with E-state index >= 15 is 0 Å². The maximum atomic E-state index is 14.0. The molecule has 1 aliphatic carbocycles.